The first-order valence-corrected chi connectivity index (χ1v) is 27.8. The molecule has 8 nitrogen and oxygen atoms in total. The summed E-state index contributed by atoms with van der Waals surface area (Å²) >= 11 is 0. The number of quaternary nitrogens is 1. The summed E-state index contributed by atoms with van der Waals surface area (Å²) in [5.74, 6) is -0.159. The van der Waals surface area contributed by atoms with Crippen molar-refractivity contribution in [1.29, 1.82) is 0 Å². The molecule has 0 rings (SSSR count). The zero-order chi connectivity index (χ0) is 44.3. The Hall–Kier alpha value is -0.500. The fourth-order valence-corrected chi connectivity index (χ4v) is 8.88. The van der Waals surface area contributed by atoms with Crippen molar-refractivity contribution in [3.05, 3.63) is 0 Å². The topological polar surface area (TPSA) is 108 Å². The van der Waals surface area contributed by atoms with Gasteiger partial charge in [0.15, 0.2) is 0 Å². The molecule has 60 heavy (non-hydrogen) atoms. The largest absolute Gasteiger partial charge is 0.756 e. The molecule has 0 aromatic heterocycles. The lowest BCUT2D eigenvalue weighted by atomic mass is 10.0. The Morgan fingerprint density at radius 1 is 0.517 bits per heavy atom. The zero-order valence-corrected chi connectivity index (χ0v) is 41.8. The van der Waals surface area contributed by atoms with Gasteiger partial charge in [0.2, 0.25) is 5.91 Å². The van der Waals surface area contributed by atoms with Crippen LogP contribution in [0.2, 0.25) is 0 Å². The summed E-state index contributed by atoms with van der Waals surface area (Å²) in [5.41, 5.74) is 0. The molecular weight excluding hydrogens is 768 g/mol. The number of rotatable bonds is 49. The second-order valence-electron chi connectivity index (χ2n) is 19.6. The molecule has 9 heteroatoms. The molecule has 0 aliphatic carbocycles. The maximum atomic E-state index is 12.9. The van der Waals surface area contributed by atoms with E-state index in [1.165, 1.54) is 205 Å². The van der Waals surface area contributed by atoms with Crippen molar-refractivity contribution in [2.75, 3.05) is 40.9 Å². The van der Waals surface area contributed by atoms with E-state index in [9.17, 15) is 19.4 Å². The number of carbonyl (C=O) groups is 1. The minimum atomic E-state index is -4.56. The van der Waals surface area contributed by atoms with Gasteiger partial charge < -0.3 is 28.8 Å². The number of nitrogens with one attached hydrogen (secondary N) is 1. The van der Waals surface area contributed by atoms with E-state index < -0.39 is 20.0 Å². The van der Waals surface area contributed by atoms with E-state index in [1.54, 1.807) is 0 Å². The van der Waals surface area contributed by atoms with E-state index >= 15 is 0 Å². The van der Waals surface area contributed by atoms with Gasteiger partial charge >= 0.3 is 0 Å². The number of hydrogen-bond donors (Lipinski definition) is 2. The molecule has 0 aliphatic rings. The number of amides is 1. The highest BCUT2D eigenvalue weighted by Gasteiger charge is 2.24. The number of aliphatic hydroxyl groups is 1. The van der Waals surface area contributed by atoms with Crippen molar-refractivity contribution in [3.63, 3.8) is 0 Å². The van der Waals surface area contributed by atoms with Gasteiger partial charge in [-0.2, -0.15) is 0 Å². The van der Waals surface area contributed by atoms with Crippen LogP contribution < -0.4 is 10.2 Å². The lowest BCUT2D eigenvalue weighted by Crippen LogP contribution is -2.46. The van der Waals surface area contributed by atoms with Crippen LogP contribution in [0.5, 0.6) is 0 Å². The summed E-state index contributed by atoms with van der Waals surface area (Å²) in [6.45, 7) is 4.77. The first-order chi connectivity index (χ1) is 29.0. The molecule has 0 radical (unpaired) electrons. The summed E-state index contributed by atoms with van der Waals surface area (Å²) in [6, 6.07) is -0.794. The van der Waals surface area contributed by atoms with Crippen molar-refractivity contribution in [3.8, 4) is 0 Å². The molecule has 0 saturated heterocycles. The summed E-state index contributed by atoms with van der Waals surface area (Å²) in [5, 5.41) is 14.0. The number of aliphatic hydroxyl groups excluding tert-OH is 1. The zero-order valence-electron chi connectivity index (χ0n) is 40.9. The third kappa shape index (κ3) is 45.5. The van der Waals surface area contributed by atoms with Gasteiger partial charge in [-0.1, -0.05) is 251 Å². The van der Waals surface area contributed by atoms with Crippen LogP contribution in [0.1, 0.15) is 271 Å². The van der Waals surface area contributed by atoms with Gasteiger partial charge in [-0.3, -0.25) is 9.36 Å². The summed E-state index contributed by atoms with van der Waals surface area (Å²) in [7, 11) is 1.32. The molecule has 2 N–H and O–H groups in total. The lowest BCUT2D eigenvalue weighted by Gasteiger charge is -2.30. The van der Waals surface area contributed by atoms with Gasteiger partial charge in [-0.05, 0) is 12.8 Å². The molecular formula is C51H105N2O6P. The van der Waals surface area contributed by atoms with Crippen LogP contribution in [0.3, 0.4) is 0 Å². The maximum Gasteiger partial charge on any atom is 0.268 e. The molecule has 0 aromatic carbocycles. The van der Waals surface area contributed by atoms with E-state index in [0.717, 1.165) is 38.5 Å². The first-order valence-electron chi connectivity index (χ1n) is 26.4. The fourth-order valence-electron chi connectivity index (χ4n) is 8.16. The molecule has 0 fully saturated rings. The van der Waals surface area contributed by atoms with Crippen LogP contribution in [-0.4, -0.2) is 68.5 Å². The van der Waals surface area contributed by atoms with Crippen LogP contribution in [0.25, 0.3) is 0 Å². The number of carbonyl (C=O) groups excluding carboxylic acids is 1. The van der Waals surface area contributed by atoms with E-state index in [2.05, 4.69) is 19.2 Å². The third-order valence-electron chi connectivity index (χ3n) is 12.3. The minimum absolute atomic E-state index is 0.0165. The molecule has 3 atom stereocenters. The lowest BCUT2D eigenvalue weighted by molar-refractivity contribution is -0.870. The number of nitrogens with zero attached hydrogens (tertiary/aromatic N) is 1. The average Bonchev–Trinajstić information content (AvgIpc) is 3.20. The van der Waals surface area contributed by atoms with E-state index in [4.69, 9.17) is 9.05 Å². The second kappa shape index (κ2) is 43.7. The van der Waals surface area contributed by atoms with Gasteiger partial charge in [0, 0.05) is 6.42 Å². The number of hydrogen-bond acceptors (Lipinski definition) is 6. The number of phosphoric acid groups is 1. The molecule has 0 saturated carbocycles. The van der Waals surface area contributed by atoms with Crippen molar-refractivity contribution < 1.29 is 32.9 Å². The molecule has 0 bridgehead atoms. The Bertz CT molecular complexity index is 947. The highest BCUT2D eigenvalue weighted by Crippen LogP contribution is 2.38. The van der Waals surface area contributed by atoms with E-state index in [1.807, 2.05) is 21.1 Å². The maximum absolute atomic E-state index is 12.9. The monoisotopic (exact) mass is 873 g/mol. The summed E-state index contributed by atoms with van der Waals surface area (Å²) in [6.07, 6.45) is 49.7. The van der Waals surface area contributed by atoms with E-state index in [0.29, 0.717) is 23.9 Å². The number of unbranched alkanes of at least 4 members (excludes halogenated alkanes) is 36. The van der Waals surface area contributed by atoms with Crippen molar-refractivity contribution in [1.82, 2.24) is 5.32 Å². The molecule has 0 heterocycles. The Labute approximate surface area is 374 Å². The predicted octanol–water partition coefficient (Wildman–Crippen LogP) is 14.7. The average molecular weight is 873 g/mol. The van der Waals surface area contributed by atoms with Crippen LogP contribution in [0.4, 0.5) is 0 Å². The molecule has 0 aromatic rings. The minimum Gasteiger partial charge on any atom is -0.756 e. The van der Waals surface area contributed by atoms with E-state index in [-0.39, 0.29) is 19.1 Å². The molecule has 0 aliphatic heterocycles. The van der Waals surface area contributed by atoms with Crippen molar-refractivity contribution in [2.24, 2.45) is 0 Å². The van der Waals surface area contributed by atoms with Crippen LogP contribution in [0, 0.1) is 0 Å². The molecule has 360 valence electrons. The molecule has 3 unspecified atom stereocenters. The van der Waals surface area contributed by atoms with Crippen LogP contribution in [-0.2, 0) is 18.4 Å². The Balaban J connectivity index is 4.19. The predicted molar refractivity (Wildman–Crippen MR) is 256 cm³/mol. The standard InChI is InChI=1S/C51H105N2O6P/c1-6-8-10-12-14-16-18-20-22-24-25-26-27-28-29-30-32-34-36-38-40-42-44-50(54)49(48-59-60(56,57)58-47-46-53(3,4)5)52-51(55)45-43-41-39-37-35-33-31-23-21-19-17-15-13-11-9-7-2/h49-50,54H,6-48H2,1-5H3,(H-,52,55,56,57). The quantitative estimate of drug-likeness (QED) is 0.0358. The fraction of sp³-hybridized carbons (Fsp3) is 0.980. The van der Waals surface area contributed by atoms with Gasteiger partial charge in [0.05, 0.1) is 39.9 Å². The highest BCUT2D eigenvalue weighted by molar-refractivity contribution is 7.45. The van der Waals surface area contributed by atoms with Crippen LogP contribution in [0.15, 0.2) is 0 Å². The number of phosphoric ester groups is 1. The first kappa shape index (κ1) is 59.5. The highest BCUT2D eigenvalue weighted by atomic mass is 31.2. The number of likely N-dealkylation sites (N-methyl/N-ethyl adjacent to an activating group) is 1. The second-order valence-corrected chi connectivity index (χ2v) is 21.0. The molecule has 0 spiro atoms. The normalized spacial score (nSPS) is 14.1. The molecule has 1 amide bonds. The van der Waals surface area contributed by atoms with Gasteiger partial charge in [0.1, 0.15) is 13.2 Å². The SMILES string of the molecule is CCCCCCCCCCCCCCCCCCCCCCCCC(O)C(COP(=O)([O-])OCC[N+](C)(C)C)NC(=O)CCCCCCCCCCCCCCCCCC. The van der Waals surface area contributed by atoms with Gasteiger partial charge in [-0.15, -0.1) is 0 Å². The van der Waals surface area contributed by atoms with Crippen molar-refractivity contribution in [2.45, 2.75) is 283 Å². The van der Waals surface area contributed by atoms with Crippen LogP contribution >= 0.6 is 7.82 Å². The summed E-state index contributed by atoms with van der Waals surface area (Å²) < 4.78 is 23.4. The Morgan fingerprint density at radius 3 is 1.13 bits per heavy atom. The Morgan fingerprint density at radius 2 is 0.817 bits per heavy atom. The van der Waals surface area contributed by atoms with Gasteiger partial charge in [-0.25, -0.2) is 0 Å². The summed E-state index contributed by atoms with van der Waals surface area (Å²) in [4.78, 5) is 25.4. The van der Waals surface area contributed by atoms with Gasteiger partial charge in [0.25, 0.3) is 7.82 Å². The van der Waals surface area contributed by atoms with Crippen molar-refractivity contribution >= 4 is 13.7 Å². The smallest absolute Gasteiger partial charge is 0.268 e. The Kier molecular flexibility index (Phi) is 43.4. The third-order valence-corrected chi connectivity index (χ3v) is 13.3.